The van der Waals surface area contributed by atoms with Crippen LogP contribution < -0.4 is 10.6 Å². The van der Waals surface area contributed by atoms with Gasteiger partial charge in [0.15, 0.2) is 0 Å². The third-order valence-corrected chi connectivity index (χ3v) is 3.04. The van der Waals surface area contributed by atoms with Crippen LogP contribution in [-0.4, -0.2) is 30.2 Å². The molecular weight excluding hydrogens is 232 g/mol. The first-order valence-electron chi connectivity index (χ1n) is 6.61. The number of nitrogens with one attached hydrogen (secondary N) is 2. The Hall–Kier alpha value is -1.26. The van der Waals surface area contributed by atoms with Gasteiger partial charge in [0.2, 0.25) is 0 Å². The van der Waals surface area contributed by atoms with Gasteiger partial charge in [-0.3, -0.25) is 4.79 Å². The number of aliphatic carboxylic acids is 1. The highest BCUT2D eigenvalue weighted by atomic mass is 16.4. The molecule has 0 heterocycles. The van der Waals surface area contributed by atoms with Gasteiger partial charge in [-0.2, -0.15) is 0 Å². The summed E-state index contributed by atoms with van der Waals surface area (Å²) < 4.78 is 0. The van der Waals surface area contributed by atoms with Crippen molar-refractivity contribution in [2.75, 3.05) is 13.1 Å². The molecule has 2 amide bonds. The number of carboxylic acids is 1. The first-order chi connectivity index (χ1) is 8.37. The van der Waals surface area contributed by atoms with E-state index in [1.54, 1.807) is 0 Å². The average molecular weight is 258 g/mol. The Morgan fingerprint density at radius 1 is 1.11 bits per heavy atom. The van der Waals surface area contributed by atoms with Gasteiger partial charge in [-0.1, -0.05) is 27.2 Å². The number of rotatable bonds is 9. The summed E-state index contributed by atoms with van der Waals surface area (Å²) in [7, 11) is 0. The molecule has 0 bridgehead atoms. The Morgan fingerprint density at radius 2 is 1.78 bits per heavy atom. The lowest BCUT2D eigenvalue weighted by Crippen LogP contribution is -2.40. The van der Waals surface area contributed by atoms with Crippen molar-refractivity contribution in [2.45, 2.75) is 52.9 Å². The van der Waals surface area contributed by atoms with Gasteiger partial charge < -0.3 is 15.7 Å². The maximum Gasteiger partial charge on any atom is 0.314 e. The van der Waals surface area contributed by atoms with Crippen molar-refractivity contribution in [3.63, 3.8) is 0 Å². The monoisotopic (exact) mass is 258 g/mol. The van der Waals surface area contributed by atoms with Gasteiger partial charge >= 0.3 is 12.0 Å². The van der Waals surface area contributed by atoms with Crippen molar-refractivity contribution in [3.05, 3.63) is 0 Å². The molecule has 0 unspecified atom stereocenters. The van der Waals surface area contributed by atoms with Gasteiger partial charge in [-0.25, -0.2) is 4.79 Å². The lowest BCUT2D eigenvalue weighted by atomic mass is 9.90. The number of carboxylic acid groups (broad SMARTS) is 1. The molecule has 0 aliphatic rings. The summed E-state index contributed by atoms with van der Waals surface area (Å²) in [6.07, 6.45) is 3.53. The number of amides is 2. The lowest BCUT2D eigenvalue weighted by molar-refractivity contribution is -0.137. The highest BCUT2D eigenvalue weighted by Gasteiger charge is 2.15. The zero-order valence-electron chi connectivity index (χ0n) is 11.7. The molecule has 0 aliphatic carbocycles. The molecule has 0 aromatic carbocycles. The van der Waals surface area contributed by atoms with Crippen LogP contribution in [0.5, 0.6) is 0 Å². The molecule has 0 aromatic heterocycles. The summed E-state index contributed by atoms with van der Waals surface area (Å²) in [5.74, 6) is -0.762. The van der Waals surface area contributed by atoms with E-state index in [0.717, 1.165) is 19.3 Å². The van der Waals surface area contributed by atoms with Gasteiger partial charge in [0.1, 0.15) is 0 Å². The summed E-state index contributed by atoms with van der Waals surface area (Å²) in [4.78, 5) is 21.7. The Balaban J connectivity index is 3.46. The number of hydrogen-bond donors (Lipinski definition) is 3. The topological polar surface area (TPSA) is 78.4 Å². The third-order valence-electron chi connectivity index (χ3n) is 3.04. The second-order valence-electron chi connectivity index (χ2n) is 5.33. The fourth-order valence-electron chi connectivity index (χ4n) is 1.29. The number of unbranched alkanes of at least 4 members (excludes halogenated alkanes) is 2. The minimum atomic E-state index is -0.762. The summed E-state index contributed by atoms with van der Waals surface area (Å²) in [6.45, 7) is 7.58. The molecule has 106 valence electrons. The van der Waals surface area contributed by atoms with Gasteiger partial charge in [-0.15, -0.1) is 0 Å². The van der Waals surface area contributed by atoms with E-state index in [1.165, 1.54) is 0 Å². The number of urea groups is 1. The van der Waals surface area contributed by atoms with Crippen LogP contribution in [0.4, 0.5) is 4.79 Å². The van der Waals surface area contributed by atoms with Crippen LogP contribution in [-0.2, 0) is 4.79 Å². The molecule has 0 aliphatic heterocycles. The van der Waals surface area contributed by atoms with Gasteiger partial charge in [0.25, 0.3) is 0 Å². The first kappa shape index (κ1) is 16.7. The predicted molar refractivity (Wildman–Crippen MR) is 71.6 cm³/mol. The second-order valence-corrected chi connectivity index (χ2v) is 5.33. The molecule has 0 fully saturated rings. The molecule has 0 saturated carbocycles. The minimum Gasteiger partial charge on any atom is -0.481 e. The van der Waals surface area contributed by atoms with E-state index in [4.69, 9.17) is 5.11 Å². The van der Waals surface area contributed by atoms with E-state index in [0.29, 0.717) is 19.5 Å². The number of hydrogen-bond acceptors (Lipinski definition) is 2. The maximum absolute atomic E-state index is 11.4. The van der Waals surface area contributed by atoms with Crippen molar-refractivity contribution >= 4 is 12.0 Å². The van der Waals surface area contributed by atoms with E-state index >= 15 is 0 Å². The highest BCUT2D eigenvalue weighted by molar-refractivity contribution is 5.73. The fraction of sp³-hybridized carbons (Fsp3) is 0.846. The molecule has 18 heavy (non-hydrogen) atoms. The second kappa shape index (κ2) is 8.78. The van der Waals surface area contributed by atoms with Gasteiger partial charge in [0.05, 0.1) is 0 Å². The van der Waals surface area contributed by atoms with Crippen LogP contribution >= 0.6 is 0 Å². The summed E-state index contributed by atoms with van der Waals surface area (Å²) >= 11 is 0. The lowest BCUT2D eigenvalue weighted by Gasteiger charge is -2.22. The average Bonchev–Trinajstić information content (AvgIpc) is 2.31. The van der Waals surface area contributed by atoms with Crippen LogP contribution in [0, 0.1) is 5.41 Å². The largest absolute Gasteiger partial charge is 0.481 e. The smallest absolute Gasteiger partial charge is 0.314 e. The molecular formula is C13H26N2O3. The summed E-state index contributed by atoms with van der Waals surface area (Å²) in [5.41, 5.74) is 0.124. The quantitative estimate of drug-likeness (QED) is 0.555. The molecule has 5 nitrogen and oxygen atoms in total. The summed E-state index contributed by atoms with van der Waals surface area (Å²) in [6, 6.07) is -0.144. The molecule has 0 rings (SSSR count). The Kier molecular flexibility index (Phi) is 8.16. The Morgan fingerprint density at radius 3 is 2.33 bits per heavy atom. The predicted octanol–water partition coefficient (Wildman–Crippen LogP) is 2.37. The van der Waals surface area contributed by atoms with Crippen molar-refractivity contribution in [1.29, 1.82) is 0 Å². The molecule has 0 saturated heterocycles. The standard InChI is InChI=1S/C13H26N2O3/c1-4-13(2,3)10-15-12(18)14-9-7-5-6-8-11(16)17/h4-10H2,1-3H3,(H,16,17)(H2,14,15,18). The minimum absolute atomic E-state index is 0.124. The van der Waals surface area contributed by atoms with E-state index in [9.17, 15) is 9.59 Å². The Labute approximate surface area is 109 Å². The third kappa shape index (κ3) is 9.93. The molecule has 0 radical (unpaired) electrons. The zero-order chi connectivity index (χ0) is 14.0. The number of carbonyl (C=O) groups excluding carboxylic acids is 1. The first-order valence-corrected chi connectivity index (χ1v) is 6.61. The number of carbonyl (C=O) groups is 2. The van der Waals surface area contributed by atoms with Crippen LogP contribution in [0.3, 0.4) is 0 Å². The van der Waals surface area contributed by atoms with Gasteiger partial charge in [-0.05, 0) is 24.7 Å². The maximum atomic E-state index is 11.4. The summed E-state index contributed by atoms with van der Waals surface area (Å²) in [5, 5.41) is 14.1. The normalized spacial score (nSPS) is 11.1. The molecule has 3 N–H and O–H groups in total. The van der Waals surface area contributed by atoms with Crippen LogP contribution in [0.15, 0.2) is 0 Å². The van der Waals surface area contributed by atoms with E-state index in [1.807, 2.05) is 0 Å². The highest BCUT2D eigenvalue weighted by Crippen LogP contribution is 2.17. The van der Waals surface area contributed by atoms with Crippen LogP contribution in [0.2, 0.25) is 0 Å². The van der Waals surface area contributed by atoms with Crippen molar-refractivity contribution in [2.24, 2.45) is 5.41 Å². The van der Waals surface area contributed by atoms with Gasteiger partial charge in [0, 0.05) is 19.5 Å². The van der Waals surface area contributed by atoms with E-state index in [-0.39, 0.29) is 17.9 Å². The molecule has 0 spiro atoms. The Bertz CT molecular complexity index is 265. The molecule has 0 aromatic rings. The van der Waals surface area contributed by atoms with E-state index in [2.05, 4.69) is 31.4 Å². The van der Waals surface area contributed by atoms with Crippen LogP contribution in [0.25, 0.3) is 0 Å². The van der Waals surface area contributed by atoms with E-state index < -0.39 is 5.97 Å². The van der Waals surface area contributed by atoms with Crippen LogP contribution in [0.1, 0.15) is 52.9 Å². The van der Waals surface area contributed by atoms with Crippen molar-refractivity contribution in [1.82, 2.24) is 10.6 Å². The van der Waals surface area contributed by atoms with Crippen molar-refractivity contribution in [3.8, 4) is 0 Å². The SMILES string of the molecule is CCC(C)(C)CNC(=O)NCCCCCC(=O)O. The van der Waals surface area contributed by atoms with Crippen molar-refractivity contribution < 1.29 is 14.7 Å². The molecule has 0 atom stereocenters. The molecule has 5 heteroatoms. The fourth-order valence-corrected chi connectivity index (χ4v) is 1.29. The zero-order valence-corrected chi connectivity index (χ0v) is 11.7.